The standard InChI is InChI=1S/C15H26O3/c1-3-5-11-14(17-4-2)12-18-15(16)13-9-7-6-8-10-13/h4,13-14H,2-3,5-12H2,1H3. The number of hydrogen-bond acceptors (Lipinski definition) is 3. The van der Waals surface area contributed by atoms with Gasteiger partial charge in [0.25, 0.3) is 0 Å². The van der Waals surface area contributed by atoms with Gasteiger partial charge in [-0.15, -0.1) is 0 Å². The van der Waals surface area contributed by atoms with Crippen LogP contribution in [0.4, 0.5) is 0 Å². The number of ether oxygens (including phenoxy) is 2. The second kappa shape index (κ2) is 9.01. The van der Waals surface area contributed by atoms with Crippen molar-refractivity contribution in [2.24, 2.45) is 5.92 Å². The van der Waals surface area contributed by atoms with Crippen LogP contribution in [0.2, 0.25) is 0 Å². The Bertz CT molecular complexity index is 244. The predicted octanol–water partition coefficient (Wildman–Crippen LogP) is 3.83. The van der Waals surface area contributed by atoms with Crippen LogP contribution >= 0.6 is 0 Å². The van der Waals surface area contributed by atoms with Gasteiger partial charge in [0.1, 0.15) is 12.7 Å². The summed E-state index contributed by atoms with van der Waals surface area (Å²) in [5.74, 6) is 0.0816. The maximum atomic E-state index is 11.9. The average molecular weight is 254 g/mol. The fourth-order valence-electron chi connectivity index (χ4n) is 2.39. The maximum Gasteiger partial charge on any atom is 0.309 e. The van der Waals surface area contributed by atoms with Gasteiger partial charge in [0.15, 0.2) is 0 Å². The van der Waals surface area contributed by atoms with Gasteiger partial charge >= 0.3 is 5.97 Å². The SMILES string of the molecule is C=COC(CCCC)COC(=O)C1CCCCC1. The van der Waals surface area contributed by atoms with Crippen molar-refractivity contribution >= 4 is 5.97 Å². The summed E-state index contributed by atoms with van der Waals surface area (Å²) in [7, 11) is 0. The van der Waals surface area contributed by atoms with Gasteiger partial charge in [0.05, 0.1) is 12.2 Å². The third kappa shape index (κ3) is 5.56. The molecule has 0 N–H and O–H groups in total. The molecule has 18 heavy (non-hydrogen) atoms. The summed E-state index contributed by atoms with van der Waals surface area (Å²) < 4.78 is 10.7. The van der Waals surface area contributed by atoms with Crippen LogP contribution in [0, 0.1) is 5.92 Å². The second-order valence-corrected chi connectivity index (χ2v) is 5.03. The Balaban J connectivity index is 2.26. The maximum absolute atomic E-state index is 11.9. The summed E-state index contributed by atoms with van der Waals surface area (Å²) in [4.78, 5) is 11.9. The molecular formula is C15H26O3. The van der Waals surface area contributed by atoms with E-state index in [4.69, 9.17) is 9.47 Å². The van der Waals surface area contributed by atoms with Gasteiger partial charge in [0, 0.05) is 0 Å². The van der Waals surface area contributed by atoms with Gasteiger partial charge < -0.3 is 9.47 Å². The number of hydrogen-bond donors (Lipinski definition) is 0. The molecule has 1 aliphatic rings. The zero-order chi connectivity index (χ0) is 13.2. The molecule has 0 spiro atoms. The van der Waals surface area contributed by atoms with E-state index in [1.807, 2.05) is 0 Å². The zero-order valence-corrected chi connectivity index (χ0v) is 11.5. The highest BCUT2D eigenvalue weighted by Crippen LogP contribution is 2.24. The molecule has 0 heterocycles. The number of unbranched alkanes of at least 4 members (excludes halogenated alkanes) is 1. The van der Waals surface area contributed by atoms with Crippen LogP contribution in [-0.2, 0) is 14.3 Å². The first-order valence-electron chi connectivity index (χ1n) is 7.21. The van der Waals surface area contributed by atoms with E-state index in [-0.39, 0.29) is 18.0 Å². The summed E-state index contributed by atoms with van der Waals surface area (Å²) >= 11 is 0. The first-order chi connectivity index (χ1) is 8.77. The molecule has 0 aromatic rings. The largest absolute Gasteiger partial charge is 0.495 e. The number of carbonyl (C=O) groups is 1. The van der Waals surface area contributed by atoms with Crippen LogP contribution in [0.25, 0.3) is 0 Å². The Hall–Kier alpha value is -0.990. The van der Waals surface area contributed by atoms with E-state index >= 15 is 0 Å². The lowest BCUT2D eigenvalue weighted by Crippen LogP contribution is -2.26. The molecule has 0 amide bonds. The number of carbonyl (C=O) groups excluding carboxylic acids is 1. The Morgan fingerprint density at radius 2 is 2.11 bits per heavy atom. The van der Waals surface area contributed by atoms with E-state index < -0.39 is 0 Å². The quantitative estimate of drug-likeness (QED) is 0.488. The highest BCUT2D eigenvalue weighted by atomic mass is 16.6. The molecule has 0 saturated heterocycles. The lowest BCUT2D eigenvalue weighted by molar-refractivity contribution is -0.152. The monoisotopic (exact) mass is 254 g/mol. The van der Waals surface area contributed by atoms with E-state index in [9.17, 15) is 4.79 Å². The smallest absolute Gasteiger partial charge is 0.309 e. The molecule has 0 radical (unpaired) electrons. The van der Waals surface area contributed by atoms with Crippen molar-refractivity contribution in [1.29, 1.82) is 0 Å². The minimum absolute atomic E-state index is 0.0324. The van der Waals surface area contributed by atoms with Gasteiger partial charge in [-0.2, -0.15) is 0 Å². The van der Waals surface area contributed by atoms with Crippen molar-refractivity contribution in [2.45, 2.75) is 64.4 Å². The summed E-state index contributed by atoms with van der Waals surface area (Å²) in [6, 6.07) is 0. The van der Waals surface area contributed by atoms with E-state index in [1.165, 1.54) is 12.7 Å². The van der Waals surface area contributed by atoms with E-state index in [0.29, 0.717) is 6.61 Å². The Morgan fingerprint density at radius 1 is 1.39 bits per heavy atom. The van der Waals surface area contributed by atoms with Gasteiger partial charge in [-0.25, -0.2) is 0 Å². The molecule has 1 fully saturated rings. The third-order valence-corrected chi connectivity index (χ3v) is 3.52. The minimum Gasteiger partial charge on any atom is -0.495 e. The molecule has 0 aromatic carbocycles. The summed E-state index contributed by atoms with van der Waals surface area (Å²) in [6.07, 6.45) is 10.1. The molecule has 0 aliphatic heterocycles. The first kappa shape index (κ1) is 15.1. The van der Waals surface area contributed by atoms with Crippen molar-refractivity contribution in [3.05, 3.63) is 12.8 Å². The van der Waals surface area contributed by atoms with Crippen LogP contribution in [0.1, 0.15) is 58.3 Å². The van der Waals surface area contributed by atoms with Crippen LogP contribution in [0.3, 0.4) is 0 Å². The van der Waals surface area contributed by atoms with Gasteiger partial charge in [-0.3, -0.25) is 4.79 Å². The van der Waals surface area contributed by atoms with Crippen molar-refractivity contribution in [3.63, 3.8) is 0 Å². The molecule has 1 unspecified atom stereocenters. The number of esters is 1. The van der Waals surface area contributed by atoms with E-state index in [0.717, 1.165) is 44.9 Å². The molecule has 1 rings (SSSR count). The molecule has 1 aliphatic carbocycles. The molecule has 3 nitrogen and oxygen atoms in total. The van der Waals surface area contributed by atoms with Crippen molar-refractivity contribution in [1.82, 2.24) is 0 Å². The average Bonchev–Trinajstić information content (AvgIpc) is 2.42. The Labute approximate surface area is 111 Å². The van der Waals surface area contributed by atoms with E-state index in [2.05, 4.69) is 13.5 Å². The molecule has 104 valence electrons. The van der Waals surface area contributed by atoms with Crippen molar-refractivity contribution in [2.75, 3.05) is 6.61 Å². The topological polar surface area (TPSA) is 35.5 Å². The van der Waals surface area contributed by atoms with Gasteiger partial charge in [-0.05, 0) is 25.7 Å². The normalized spacial score (nSPS) is 18.1. The third-order valence-electron chi connectivity index (χ3n) is 3.52. The fraction of sp³-hybridized carbons (Fsp3) is 0.800. The van der Waals surface area contributed by atoms with Crippen molar-refractivity contribution in [3.8, 4) is 0 Å². The highest BCUT2D eigenvalue weighted by molar-refractivity contribution is 5.72. The summed E-state index contributed by atoms with van der Waals surface area (Å²) in [5, 5.41) is 0. The van der Waals surface area contributed by atoms with Crippen LogP contribution in [-0.4, -0.2) is 18.7 Å². The van der Waals surface area contributed by atoms with Gasteiger partial charge in [0.2, 0.25) is 0 Å². The molecule has 1 saturated carbocycles. The van der Waals surface area contributed by atoms with E-state index in [1.54, 1.807) is 0 Å². The first-order valence-corrected chi connectivity index (χ1v) is 7.21. The molecule has 1 atom stereocenters. The van der Waals surface area contributed by atoms with Crippen LogP contribution in [0.15, 0.2) is 12.8 Å². The van der Waals surface area contributed by atoms with Crippen LogP contribution in [0.5, 0.6) is 0 Å². The molecule has 3 heteroatoms. The lowest BCUT2D eigenvalue weighted by Gasteiger charge is -2.22. The summed E-state index contributed by atoms with van der Waals surface area (Å²) in [5.41, 5.74) is 0. The van der Waals surface area contributed by atoms with Crippen molar-refractivity contribution < 1.29 is 14.3 Å². The molecule has 0 bridgehead atoms. The zero-order valence-electron chi connectivity index (χ0n) is 11.5. The predicted molar refractivity (Wildman–Crippen MR) is 72.1 cm³/mol. The lowest BCUT2D eigenvalue weighted by atomic mass is 9.89. The number of rotatable bonds is 8. The second-order valence-electron chi connectivity index (χ2n) is 5.03. The minimum atomic E-state index is -0.0381. The molecule has 0 aromatic heterocycles. The van der Waals surface area contributed by atoms with Gasteiger partial charge in [-0.1, -0.05) is 39.2 Å². The highest BCUT2D eigenvalue weighted by Gasteiger charge is 2.23. The summed E-state index contributed by atoms with van der Waals surface area (Å²) in [6.45, 7) is 6.06. The van der Waals surface area contributed by atoms with Crippen LogP contribution < -0.4 is 0 Å². The Kier molecular flexibility index (Phi) is 7.54. The Morgan fingerprint density at radius 3 is 2.72 bits per heavy atom. The fourth-order valence-corrected chi connectivity index (χ4v) is 2.39. The molecular weight excluding hydrogens is 228 g/mol.